The zero-order valence-corrected chi connectivity index (χ0v) is 10.9. The zero-order chi connectivity index (χ0) is 13.1. The SMILES string of the molecule is Cc1ccnc(NC(C)c2ccsc2)c1[N+](=O)[O-]. The molecule has 2 rings (SSSR count). The summed E-state index contributed by atoms with van der Waals surface area (Å²) in [5, 5.41) is 18.1. The quantitative estimate of drug-likeness (QED) is 0.676. The second-order valence-electron chi connectivity index (χ2n) is 4.00. The van der Waals surface area contributed by atoms with Crippen molar-refractivity contribution in [3.05, 3.63) is 50.3 Å². The Labute approximate surface area is 109 Å². The summed E-state index contributed by atoms with van der Waals surface area (Å²) in [4.78, 5) is 14.7. The van der Waals surface area contributed by atoms with Crippen molar-refractivity contribution in [2.45, 2.75) is 19.9 Å². The fourth-order valence-electron chi connectivity index (χ4n) is 1.70. The maximum absolute atomic E-state index is 11.0. The van der Waals surface area contributed by atoms with Gasteiger partial charge in [-0.15, -0.1) is 0 Å². The van der Waals surface area contributed by atoms with Crippen LogP contribution in [0.1, 0.15) is 24.1 Å². The number of hydrogen-bond acceptors (Lipinski definition) is 5. The molecule has 0 fully saturated rings. The number of nitrogens with zero attached hydrogens (tertiary/aromatic N) is 2. The fourth-order valence-corrected chi connectivity index (χ4v) is 2.45. The van der Waals surface area contributed by atoms with Crippen LogP contribution in [0, 0.1) is 17.0 Å². The van der Waals surface area contributed by atoms with E-state index in [4.69, 9.17) is 0 Å². The number of hydrogen-bond donors (Lipinski definition) is 1. The van der Waals surface area contributed by atoms with Gasteiger partial charge in [0.15, 0.2) is 0 Å². The first-order chi connectivity index (χ1) is 8.59. The van der Waals surface area contributed by atoms with Crippen molar-refractivity contribution in [3.63, 3.8) is 0 Å². The summed E-state index contributed by atoms with van der Waals surface area (Å²) < 4.78 is 0. The van der Waals surface area contributed by atoms with Crippen LogP contribution in [0.2, 0.25) is 0 Å². The molecule has 0 aliphatic rings. The lowest BCUT2D eigenvalue weighted by Crippen LogP contribution is -2.09. The third kappa shape index (κ3) is 2.48. The molecule has 2 aromatic rings. The first-order valence-corrected chi connectivity index (χ1v) is 6.42. The second kappa shape index (κ2) is 5.14. The molecule has 0 aromatic carbocycles. The van der Waals surface area contributed by atoms with Gasteiger partial charge in [-0.2, -0.15) is 11.3 Å². The van der Waals surface area contributed by atoms with Gasteiger partial charge in [0.2, 0.25) is 5.82 Å². The highest BCUT2D eigenvalue weighted by atomic mass is 32.1. The van der Waals surface area contributed by atoms with Gasteiger partial charge >= 0.3 is 5.69 Å². The van der Waals surface area contributed by atoms with Gasteiger partial charge in [-0.25, -0.2) is 4.98 Å². The Balaban J connectivity index is 2.29. The molecule has 1 unspecified atom stereocenters. The number of rotatable bonds is 4. The number of thiophene rings is 1. The predicted molar refractivity (Wildman–Crippen MR) is 72.0 cm³/mol. The fraction of sp³-hybridized carbons (Fsp3) is 0.250. The lowest BCUT2D eigenvalue weighted by molar-refractivity contribution is -0.384. The van der Waals surface area contributed by atoms with Crippen LogP contribution in [0.3, 0.4) is 0 Å². The molecule has 0 amide bonds. The van der Waals surface area contributed by atoms with Crippen molar-refractivity contribution in [2.24, 2.45) is 0 Å². The molecular weight excluding hydrogens is 250 g/mol. The lowest BCUT2D eigenvalue weighted by atomic mass is 10.1. The van der Waals surface area contributed by atoms with Crippen LogP contribution in [0.5, 0.6) is 0 Å². The molecule has 18 heavy (non-hydrogen) atoms. The molecule has 0 aliphatic carbocycles. The summed E-state index contributed by atoms with van der Waals surface area (Å²) in [5.41, 5.74) is 1.74. The molecule has 1 N–H and O–H groups in total. The minimum absolute atomic E-state index is 0.00995. The van der Waals surface area contributed by atoms with Crippen LogP contribution in [-0.4, -0.2) is 9.91 Å². The molecule has 5 nitrogen and oxygen atoms in total. The average molecular weight is 263 g/mol. The topological polar surface area (TPSA) is 68.1 Å². The maximum atomic E-state index is 11.0. The van der Waals surface area contributed by atoms with Crippen molar-refractivity contribution in [1.29, 1.82) is 0 Å². The number of aromatic nitrogens is 1. The predicted octanol–water partition coefficient (Wildman–Crippen LogP) is 3.53. The highest BCUT2D eigenvalue weighted by molar-refractivity contribution is 7.07. The van der Waals surface area contributed by atoms with Gasteiger partial charge in [-0.3, -0.25) is 10.1 Å². The Kier molecular flexibility index (Phi) is 3.57. The van der Waals surface area contributed by atoms with Crippen LogP contribution >= 0.6 is 11.3 Å². The Morgan fingerprint density at radius 3 is 2.89 bits per heavy atom. The van der Waals surface area contributed by atoms with Gasteiger partial charge in [-0.1, -0.05) is 0 Å². The van der Waals surface area contributed by atoms with E-state index in [0.29, 0.717) is 11.4 Å². The van der Waals surface area contributed by atoms with Gasteiger partial charge in [-0.05, 0) is 42.3 Å². The van der Waals surface area contributed by atoms with Crippen LogP contribution < -0.4 is 5.32 Å². The van der Waals surface area contributed by atoms with Gasteiger partial charge in [0.25, 0.3) is 0 Å². The van der Waals surface area contributed by atoms with E-state index in [2.05, 4.69) is 10.3 Å². The van der Waals surface area contributed by atoms with E-state index in [1.807, 2.05) is 23.8 Å². The molecule has 6 heteroatoms. The number of nitrogens with one attached hydrogen (secondary N) is 1. The molecule has 0 saturated carbocycles. The van der Waals surface area contributed by atoms with Gasteiger partial charge < -0.3 is 5.32 Å². The van der Waals surface area contributed by atoms with Crippen molar-refractivity contribution >= 4 is 22.8 Å². The minimum Gasteiger partial charge on any atom is -0.358 e. The van der Waals surface area contributed by atoms with Crippen LogP contribution in [0.25, 0.3) is 0 Å². The third-order valence-corrected chi connectivity index (χ3v) is 3.41. The van der Waals surface area contributed by atoms with Gasteiger partial charge in [0, 0.05) is 11.8 Å². The standard InChI is InChI=1S/C12H13N3O2S/c1-8-3-5-13-12(11(8)15(16)17)14-9(2)10-4-6-18-7-10/h3-7,9H,1-2H3,(H,13,14). The lowest BCUT2D eigenvalue weighted by Gasteiger charge is -2.13. The summed E-state index contributed by atoms with van der Waals surface area (Å²) in [6.45, 7) is 3.66. The molecule has 0 spiro atoms. The molecule has 0 saturated heterocycles. The molecule has 0 aliphatic heterocycles. The van der Waals surface area contributed by atoms with Crippen LogP contribution in [-0.2, 0) is 0 Å². The number of pyridine rings is 1. The highest BCUT2D eigenvalue weighted by Crippen LogP contribution is 2.29. The Bertz CT molecular complexity index is 554. The third-order valence-electron chi connectivity index (χ3n) is 2.70. The average Bonchev–Trinajstić information content (AvgIpc) is 2.81. The van der Waals surface area contributed by atoms with Crippen molar-refractivity contribution in [3.8, 4) is 0 Å². The number of nitro groups is 1. The molecule has 94 valence electrons. The largest absolute Gasteiger partial charge is 0.358 e. The van der Waals surface area contributed by atoms with Gasteiger partial charge in [0.1, 0.15) is 0 Å². The molecule has 1 atom stereocenters. The molecule has 0 bridgehead atoms. The van der Waals surface area contributed by atoms with E-state index < -0.39 is 4.92 Å². The summed E-state index contributed by atoms with van der Waals surface area (Å²) in [6.07, 6.45) is 1.57. The number of aryl methyl sites for hydroxylation is 1. The van der Waals surface area contributed by atoms with E-state index in [9.17, 15) is 10.1 Å². The van der Waals surface area contributed by atoms with E-state index in [1.54, 1.807) is 30.5 Å². The van der Waals surface area contributed by atoms with Crippen molar-refractivity contribution in [1.82, 2.24) is 4.98 Å². The van der Waals surface area contributed by atoms with E-state index in [-0.39, 0.29) is 11.7 Å². The summed E-state index contributed by atoms with van der Waals surface area (Å²) in [7, 11) is 0. The zero-order valence-electron chi connectivity index (χ0n) is 10.1. The first kappa shape index (κ1) is 12.5. The molecule has 2 heterocycles. The van der Waals surface area contributed by atoms with Gasteiger partial charge in [0.05, 0.1) is 11.0 Å². The Hall–Kier alpha value is -1.95. The Morgan fingerprint density at radius 1 is 1.50 bits per heavy atom. The van der Waals surface area contributed by atoms with E-state index >= 15 is 0 Å². The van der Waals surface area contributed by atoms with E-state index in [1.165, 1.54) is 0 Å². The molecule has 0 radical (unpaired) electrons. The van der Waals surface area contributed by atoms with Crippen molar-refractivity contribution < 1.29 is 4.92 Å². The number of anilines is 1. The smallest absolute Gasteiger partial charge is 0.314 e. The Morgan fingerprint density at radius 2 is 2.28 bits per heavy atom. The van der Waals surface area contributed by atoms with Crippen LogP contribution in [0.15, 0.2) is 29.1 Å². The summed E-state index contributed by atoms with van der Waals surface area (Å²) in [5.74, 6) is 0.318. The molecular formula is C12H13N3O2S. The second-order valence-corrected chi connectivity index (χ2v) is 4.78. The molecule has 2 aromatic heterocycles. The first-order valence-electron chi connectivity index (χ1n) is 5.48. The van der Waals surface area contributed by atoms with Crippen molar-refractivity contribution in [2.75, 3.05) is 5.32 Å². The van der Waals surface area contributed by atoms with E-state index in [0.717, 1.165) is 5.56 Å². The summed E-state index contributed by atoms with van der Waals surface area (Å²) >= 11 is 1.60. The maximum Gasteiger partial charge on any atom is 0.314 e. The summed E-state index contributed by atoms with van der Waals surface area (Å²) in [6, 6.07) is 3.62. The monoisotopic (exact) mass is 263 g/mol. The highest BCUT2D eigenvalue weighted by Gasteiger charge is 2.20. The normalized spacial score (nSPS) is 12.1. The van der Waals surface area contributed by atoms with Crippen LogP contribution in [0.4, 0.5) is 11.5 Å². The minimum atomic E-state index is -0.398.